The topological polar surface area (TPSA) is 75.6 Å². The summed E-state index contributed by atoms with van der Waals surface area (Å²) in [5.41, 5.74) is -0.0515. The predicted molar refractivity (Wildman–Crippen MR) is 87.6 cm³/mol. The number of hydrogen-bond acceptors (Lipinski definition) is 4. The molecule has 0 saturated heterocycles. The van der Waals surface area contributed by atoms with Crippen LogP contribution in [0.5, 0.6) is 5.75 Å². The van der Waals surface area contributed by atoms with Crippen molar-refractivity contribution in [1.29, 1.82) is 0 Å². The second-order valence-corrected chi connectivity index (χ2v) is 6.39. The van der Waals surface area contributed by atoms with E-state index in [1.807, 2.05) is 0 Å². The molecule has 0 radical (unpaired) electrons. The van der Waals surface area contributed by atoms with Crippen LogP contribution in [0.1, 0.15) is 49.4 Å². The number of phenols is 1. The molecule has 1 fully saturated rings. The van der Waals surface area contributed by atoms with E-state index in [4.69, 9.17) is 16.3 Å². The van der Waals surface area contributed by atoms with Gasteiger partial charge in [-0.15, -0.1) is 0 Å². The molecule has 0 bridgehead atoms. The van der Waals surface area contributed by atoms with Gasteiger partial charge in [-0.2, -0.15) is 0 Å². The number of esters is 1. The zero-order chi connectivity index (χ0) is 16.8. The lowest BCUT2D eigenvalue weighted by atomic mass is 9.89. The van der Waals surface area contributed by atoms with E-state index < -0.39 is 12.1 Å². The summed E-state index contributed by atoms with van der Waals surface area (Å²) in [6, 6.07) is 4.09. The third-order valence-electron chi connectivity index (χ3n) is 4.12. The number of halogens is 1. The Labute approximate surface area is 141 Å². The molecule has 5 nitrogen and oxygen atoms in total. The van der Waals surface area contributed by atoms with Gasteiger partial charge in [0.25, 0.3) is 5.91 Å². The van der Waals surface area contributed by atoms with Gasteiger partial charge in [0, 0.05) is 11.6 Å². The molecule has 1 aliphatic carbocycles. The van der Waals surface area contributed by atoms with Crippen molar-refractivity contribution < 1.29 is 19.4 Å². The Morgan fingerprint density at radius 2 is 2.04 bits per heavy atom. The molecule has 1 atom stereocenters. The second kappa shape index (κ2) is 8.20. The number of carbonyl (C=O) groups is 2. The third kappa shape index (κ3) is 5.13. The summed E-state index contributed by atoms with van der Waals surface area (Å²) in [6.07, 6.45) is 5.01. The van der Waals surface area contributed by atoms with Gasteiger partial charge in [0.1, 0.15) is 11.3 Å². The zero-order valence-electron chi connectivity index (χ0n) is 13.2. The van der Waals surface area contributed by atoms with Crippen LogP contribution in [-0.4, -0.2) is 29.6 Å². The average molecular weight is 340 g/mol. The molecule has 0 aromatic heterocycles. The minimum atomic E-state index is -0.926. The van der Waals surface area contributed by atoms with Crippen molar-refractivity contribution in [2.45, 2.75) is 45.1 Å². The van der Waals surface area contributed by atoms with Crippen LogP contribution in [0.15, 0.2) is 18.2 Å². The molecule has 1 aliphatic rings. The summed E-state index contributed by atoms with van der Waals surface area (Å²) in [5.74, 6) is -0.822. The van der Waals surface area contributed by atoms with Gasteiger partial charge in [-0.3, -0.25) is 4.79 Å². The number of aromatic hydroxyl groups is 1. The number of rotatable bonds is 5. The van der Waals surface area contributed by atoms with E-state index in [1.165, 1.54) is 44.4 Å². The fourth-order valence-electron chi connectivity index (χ4n) is 2.73. The number of ether oxygens (including phenoxy) is 1. The SMILES string of the molecule is CC(OC(=O)c1cc(Cl)ccc1O)C(=O)NCC1CCCCC1. The van der Waals surface area contributed by atoms with Gasteiger partial charge in [0.15, 0.2) is 6.10 Å². The number of nitrogens with one attached hydrogen (secondary N) is 1. The Morgan fingerprint density at radius 1 is 1.35 bits per heavy atom. The molecule has 2 N–H and O–H groups in total. The van der Waals surface area contributed by atoms with Crippen molar-refractivity contribution >= 4 is 23.5 Å². The summed E-state index contributed by atoms with van der Waals surface area (Å²) in [6.45, 7) is 2.12. The van der Waals surface area contributed by atoms with E-state index in [0.29, 0.717) is 17.5 Å². The fraction of sp³-hybridized carbons (Fsp3) is 0.529. The van der Waals surface area contributed by atoms with Gasteiger partial charge < -0.3 is 15.2 Å². The molecule has 1 unspecified atom stereocenters. The summed E-state index contributed by atoms with van der Waals surface area (Å²) >= 11 is 5.80. The van der Waals surface area contributed by atoms with E-state index >= 15 is 0 Å². The van der Waals surface area contributed by atoms with E-state index in [0.717, 1.165) is 12.8 Å². The Kier molecular flexibility index (Phi) is 6.28. The lowest BCUT2D eigenvalue weighted by molar-refractivity contribution is -0.129. The van der Waals surface area contributed by atoms with Gasteiger partial charge in [-0.05, 0) is 43.9 Å². The molecular formula is C17H22ClNO4. The maximum absolute atomic E-state index is 12.0. The Balaban J connectivity index is 1.84. The van der Waals surface area contributed by atoms with Crippen LogP contribution in [-0.2, 0) is 9.53 Å². The number of carbonyl (C=O) groups excluding carboxylic acids is 2. The van der Waals surface area contributed by atoms with E-state index in [9.17, 15) is 14.7 Å². The van der Waals surface area contributed by atoms with Crippen molar-refractivity contribution in [3.8, 4) is 5.75 Å². The molecule has 0 aliphatic heterocycles. The maximum atomic E-state index is 12.0. The lowest BCUT2D eigenvalue weighted by Crippen LogP contribution is -2.38. The molecule has 1 amide bonds. The first-order valence-electron chi connectivity index (χ1n) is 7.94. The highest BCUT2D eigenvalue weighted by Crippen LogP contribution is 2.24. The van der Waals surface area contributed by atoms with Crippen molar-refractivity contribution in [3.05, 3.63) is 28.8 Å². The van der Waals surface area contributed by atoms with Gasteiger partial charge in [-0.1, -0.05) is 30.9 Å². The van der Waals surface area contributed by atoms with E-state index in [1.54, 1.807) is 0 Å². The predicted octanol–water partition coefficient (Wildman–Crippen LogP) is 3.29. The second-order valence-electron chi connectivity index (χ2n) is 5.96. The highest BCUT2D eigenvalue weighted by Gasteiger charge is 2.22. The summed E-state index contributed by atoms with van der Waals surface area (Å²) < 4.78 is 5.10. The summed E-state index contributed by atoms with van der Waals surface area (Å²) in [7, 11) is 0. The molecule has 23 heavy (non-hydrogen) atoms. The Hall–Kier alpha value is -1.75. The first kappa shape index (κ1) is 17.6. The van der Waals surface area contributed by atoms with Crippen LogP contribution in [0.3, 0.4) is 0 Å². The first-order valence-corrected chi connectivity index (χ1v) is 8.32. The van der Waals surface area contributed by atoms with Crippen LogP contribution >= 0.6 is 11.6 Å². The molecule has 1 aromatic rings. The average Bonchev–Trinajstić information content (AvgIpc) is 2.55. The monoisotopic (exact) mass is 339 g/mol. The molecule has 6 heteroatoms. The molecule has 2 rings (SSSR count). The Bertz CT molecular complexity index is 570. The van der Waals surface area contributed by atoms with Crippen molar-refractivity contribution in [3.63, 3.8) is 0 Å². The summed E-state index contributed by atoms with van der Waals surface area (Å²) in [5, 5.41) is 12.8. The lowest BCUT2D eigenvalue weighted by Gasteiger charge is -2.22. The third-order valence-corrected chi connectivity index (χ3v) is 4.36. The highest BCUT2D eigenvalue weighted by molar-refractivity contribution is 6.31. The van der Waals surface area contributed by atoms with Gasteiger partial charge >= 0.3 is 5.97 Å². The van der Waals surface area contributed by atoms with Gasteiger partial charge in [-0.25, -0.2) is 4.79 Å². The number of phenolic OH excluding ortho intramolecular Hbond substituents is 1. The van der Waals surface area contributed by atoms with Crippen LogP contribution in [0.25, 0.3) is 0 Å². The molecule has 0 heterocycles. The molecular weight excluding hydrogens is 318 g/mol. The number of hydrogen-bond donors (Lipinski definition) is 2. The molecule has 126 valence electrons. The standard InChI is InChI=1S/C17H22ClNO4/c1-11(16(21)19-10-12-5-3-2-4-6-12)23-17(22)14-9-13(18)7-8-15(14)20/h7-9,11-12,20H,2-6,10H2,1H3,(H,19,21). The van der Waals surface area contributed by atoms with Gasteiger partial charge in [0.05, 0.1) is 0 Å². The van der Waals surface area contributed by atoms with Crippen LogP contribution in [0.4, 0.5) is 0 Å². The quantitative estimate of drug-likeness (QED) is 0.807. The minimum absolute atomic E-state index is 0.0515. The maximum Gasteiger partial charge on any atom is 0.342 e. The molecule has 1 aromatic carbocycles. The Morgan fingerprint density at radius 3 is 2.74 bits per heavy atom. The van der Waals surface area contributed by atoms with Crippen LogP contribution in [0.2, 0.25) is 5.02 Å². The normalized spacial score (nSPS) is 16.6. The van der Waals surface area contributed by atoms with Gasteiger partial charge in [0.2, 0.25) is 0 Å². The smallest absolute Gasteiger partial charge is 0.342 e. The highest BCUT2D eigenvalue weighted by atomic mass is 35.5. The first-order chi connectivity index (χ1) is 11.0. The molecule has 0 spiro atoms. The van der Waals surface area contributed by atoms with E-state index in [-0.39, 0.29) is 17.2 Å². The minimum Gasteiger partial charge on any atom is -0.507 e. The number of benzene rings is 1. The largest absolute Gasteiger partial charge is 0.507 e. The van der Waals surface area contributed by atoms with Crippen LogP contribution < -0.4 is 5.32 Å². The van der Waals surface area contributed by atoms with Crippen LogP contribution in [0, 0.1) is 5.92 Å². The zero-order valence-corrected chi connectivity index (χ0v) is 13.9. The van der Waals surface area contributed by atoms with Crippen molar-refractivity contribution in [2.75, 3.05) is 6.54 Å². The molecule has 1 saturated carbocycles. The summed E-state index contributed by atoms with van der Waals surface area (Å²) in [4.78, 5) is 24.0. The van der Waals surface area contributed by atoms with Crippen molar-refractivity contribution in [1.82, 2.24) is 5.32 Å². The van der Waals surface area contributed by atoms with Crippen molar-refractivity contribution in [2.24, 2.45) is 5.92 Å². The van der Waals surface area contributed by atoms with E-state index in [2.05, 4.69) is 5.32 Å². The number of amides is 1. The fourth-order valence-corrected chi connectivity index (χ4v) is 2.90.